The minimum atomic E-state index is -0.0113. The summed E-state index contributed by atoms with van der Waals surface area (Å²) in [7, 11) is 0. The van der Waals surface area contributed by atoms with Gasteiger partial charge in [0.1, 0.15) is 5.71 Å². The maximum atomic E-state index is 13.6. The highest BCUT2D eigenvalue weighted by molar-refractivity contribution is 7.11. The molecule has 4 rings (SSSR count). The van der Waals surface area contributed by atoms with Gasteiger partial charge >= 0.3 is 0 Å². The van der Waals surface area contributed by atoms with Crippen LogP contribution in [0.3, 0.4) is 0 Å². The number of hydrogen-bond acceptors (Lipinski definition) is 4. The number of aryl methyl sites for hydroxylation is 4. The molecule has 0 radical (unpaired) electrons. The van der Waals surface area contributed by atoms with Gasteiger partial charge in [0.2, 0.25) is 0 Å². The number of hydrogen-bond donors (Lipinski definition) is 0. The summed E-state index contributed by atoms with van der Waals surface area (Å²) in [6, 6.07) is 23.8. The number of benzene rings is 3. The van der Waals surface area contributed by atoms with Crippen molar-refractivity contribution < 1.29 is 4.79 Å². The molecule has 1 aromatic heterocycles. The Labute approximate surface area is 199 Å². The van der Waals surface area contributed by atoms with Crippen LogP contribution in [-0.2, 0) is 0 Å². The Balaban J connectivity index is 1.86. The molecule has 4 aromatic rings. The predicted molar refractivity (Wildman–Crippen MR) is 139 cm³/mol. The number of carbonyl (C=O) groups is 1. The van der Waals surface area contributed by atoms with Crippen LogP contribution < -0.4 is 0 Å². The van der Waals surface area contributed by atoms with Crippen molar-refractivity contribution in [3.63, 3.8) is 0 Å². The Bertz CT molecular complexity index is 1360. The number of ketones is 1. The summed E-state index contributed by atoms with van der Waals surface area (Å²) >= 11 is 1.61. The van der Waals surface area contributed by atoms with Crippen LogP contribution in [0.25, 0.3) is 0 Å². The normalized spacial score (nSPS) is 11.8. The predicted octanol–water partition coefficient (Wildman–Crippen LogP) is 7.08. The first-order valence-corrected chi connectivity index (χ1v) is 11.8. The van der Waals surface area contributed by atoms with Crippen LogP contribution in [-0.4, -0.2) is 17.7 Å². The van der Waals surface area contributed by atoms with E-state index in [0.717, 1.165) is 32.7 Å². The largest absolute Gasteiger partial charge is 0.289 e. The molecule has 33 heavy (non-hydrogen) atoms. The zero-order valence-electron chi connectivity index (χ0n) is 19.3. The summed E-state index contributed by atoms with van der Waals surface area (Å²) in [5, 5.41) is 11.0. The smallest absolute Gasteiger partial charge is 0.193 e. The van der Waals surface area contributed by atoms with Gasteiger partial charge in [0, 0.05) is 27.1 Å². The number of thiophene rings is 1. The molecule has 0 spiro atoms. The van der Waals surface area contributed by atoms with Crippen LogP contribution in [0.2, 0.25) is 0 Å². The van der Waals surface area contributed by atoms with Crippen LogP contribution >= 0.6 is 11.3 Å². The van der Waals surface area contributed by atoms with Crippen molar-refractivity contribution in [2.45, 2.75) is 27.7 Å². The van der Waals surface area contributed by atoms with E-state index in [1.54, 1.807) is 17.6 Å². The number of rotatable bonds is 6. The first kappa shape index (κ1) is 22.6. The summed E-state index contributed by atoms with van der Waals surface area (Å²) in [5.41, 5.74) is 8.13. The molecular weight excluding hydrogens is 424 g/mol. The molecule has 3 nitrogen and oxygen atoms in total. The van der Waals surface area contributed by atoms with Crippen molar-refractivity contribution in [3.8, 4) is 0 Å². The summed E-state index contributed by atoms with van der Waals surface area (Å²) in [6.45, 7) is 8.15. The van der Waals surface area contributed by atoms with Gasteiger partial charge in [-0.3, -0.25) is 4.79 Å². The van der Waals surface area contributed by atoms with Crippen molar-refractivity contribution in [1.82, 2.24) is 0 Å². The molecule has 0 saturated carbocycles. The summed E-state index contributed by atoms with van der Waals surface area (Å²) in [6.07, 6.45) is 1.75. The van der Waals surface area contributed by atoms with Gasteiger partial charge in [-0.15, -0.1) is 16.4 Å². The average molecular weight is 451 g/mol. The van der Waals surface area contributed by atoms with Gasteiger partial charge in [0.05, 0.1) is 6.21 Å². The van der Waals surface area contributed by atoms with Gasteiger partial charge in [0.15, 0.2) is 5.78 Å². The second-order valence-corrected chi connectivity index (χ2v) is 9.20. The van der Waals surface area contributed by atoms with Gasteiger partial charge in [-0.05, 0) is 50.3 Å². The minimum absolute atomic E-state index is 0.0113. The van der Waals surface area contributed by atoms with E-state index in [9.17, 15) is 4.79 Å². The van der Waals surface area contributed by atoms with Gasteiger partial charge in [-0.25, -0.2) is 0 Å². The standard InChI is InChI=1S/C29H26N2OS/c1-19-11-13-24(21(3)16-19)28(31-30-18-23-8-7-15-33-23)26-9-5-6-10-27(26)29(32)25-14-12-20(2)17-22(25)4/h5-18H,1-4H3/b30-18+,31-28+. The SMILES string of the molecule is Cc1ccc(C(=O)c2ccccc2/C(=N/N=C/c2cccs2)c2ccc(C)cc2C)c(C)c1. The highest BCUT2D eigenvalue weighted by Crippen LogP contribution is 2.24. The van der Waals surface area contributed by atoms with Gasteiger partial charge in [0.25, 0.3) is 0 Å². The lowest BCUT2D eigenvalue weighted by Gasteiger charge is -2.14. The first-order valence-electron chi connectivity index (χ1n) is 10.9. The van der Waals surface area contributed by atoms with E-state index >= 15 is 0 Å². The molecule has 3 aromatic carbocycles. The second kappa shape index (κ2) is 9.88. The number of carbonyl (C=O) groups excluding carboxylic acids is 1. The molecule has 1 heterocycles. The van der Waals surface area contributed by atoms with E-state index in [1.165, 1.54) is 5.56 Å². The summed E-state index contributed by atoms with van der Waals surface area (Å²) in [4.78, 5) is 14.7. The molecule has 0 N–H and O–H groups in total. The molecule has 0 fully saturated rings. The lowest BCUT2D eigenvalue weighted by molar-refractivity contribution is 0.103. The van der Waals surface area contributed by atoms with Gasteiger partial charge in [-0.1, -0.05) is 77.9 Å². The first-order chi connectivity index (χ1) is 15.9. The van der Waals surface area contributed by atoms with Crippen molar-refractivity contribution in [2.24, 2.45) is 10.2 Å². The van der Waals surface area contributed by atoms with E-state index in [4.69, 9.17) is 0 Å². The van der Waals surface area contributed by atoms with Crippen LogP contribution in [0.15, 0.2) is 88.4 Å². The third-order valence-corrected chi connectivity index (χ3v) is 6.38. The van der Waals surface area contributed by atoms with Crippen molar-refractivity contribution in [3.05, 3.63) is 128 Å². The average Bonchev–Trinajstić information content (AvgIpc) is 3.31. The lowest BCUT2D eigenvalue weighted by Crippen LogP contribution is -2.14. The topological polar surface area (TPSA) is 41.8 Å². The minimum Gasteiger partial charge on any atom is -0.289 e. The monoisotopic (exact) mass is 450 g/mol. The molecule has 0 aliphatic rings. The van der Waals surface area contributed by atoms with E-state index in [1.807, 2.05) is 73.8 Å². The third kappa shape index (κ3) is 5.07. The van der Waals surface area contributed by atoms with E-state index in [0.29, 0.717) is 16.8 Å². The second-order valence-electron chi connectivity index (χ2n) is 8.22. The van der Waals surface area contributed by atoms with Crippen LogP contribution in [0.1, 0.15) is 54.2 Å². The fraction of sp³-hybridized carbons (Fsp3) is 0.138. The molecule has 0 bridgehead atoms. The van der Waals surface area contributed by atoms with Crippen LogP contribution in [0.5, 0.6) is 0 Å². The highest BCUT2D eigenvalue weighted by atomic mass is 32.1. The molecule has 0 aliphatic heterocycles. The van der Waals surface area contributed by atoms with Crippen molar-refractivity contribution in [2.75, 3.05) is 0 Å². The quantitative estimate of drug-likeness (QED) is 0.176. The van der Waals surface area contributed by atoms with Crippen molar-refractivity contribution >= 4 is 29.0 Å². The fourth-order valence-electron chi connectivity index (χ4n) is 3.94. The molecule has 0 unspecified atom stereocenters. The Kier molecular flexibility index (Phi) is 6.76. The molecular formula is C29H26N2OS. The summed E-state index contributed by atoms with van der Waals surface area (Å²) < 4.78 is 0. The Morgan fingerprint density at radius 2 is 1.36 bits per heavy atom. The molecule has 4 heteroatoms. The Hall–Kier alpha value is -3.63. The number of nitrogens with zero attached hydrogens (tertiary/aromatic N) is 2. The zero-order valence-corrected chi connectivity index (χ0v) is 20.1. The maximum absolute atomic E-state index is 13.6. The van der Waals surface area contributed by atoms with Gasteiger partial charge in [-0.2, -0.15) is 5.10 Å². The molecule has 0 aliphatic carbocycles. The molecule has 0 amide bonds. The zero-order chi connectivity index (χ0) is 23.4. The summed E-state index contributed by atoms with van der Waals surface area (Å²) in [5.74, 6) is -0.0113. The van der Waals surface area contributed by atoms with Crippen LogP contribution in [0, 0.1) is 27.7 Å². The lowest BCUT2D eigenvalue weighted by atomic mass is 9.89. The van der Waals surface area contributed by atoms with E-state index < -0.39 is 0 Å². The Morgan fingerprint density at radius 1 is 0.727 bits per heavy atom. The molecule has 0 saturated heterocycles. The molecule has 0 atom stereocenters. The van der Waals surface area contributed by atoms with Crippen LogP contribution in [0.4, 0.5) is 0 Å². The third-order valence-electron chi connectivity index (χ3n) is 5.58. The maximum Gasteiger partial charge on any atom is 0.193 e. The van der Waals surface area contributed by atoms with Gasteiger partial charge < -0.3 is 0 Å². The molecule has 164 valence electrons. The van der Waals surface area contributed by atoms with Crippen molar-refractivity contribution in [1.29, 1.82) is 0 Å². The van der Waals surface area contributed by atoms with E-state index in [2.05, 4.69) is 42.2 Å². The Morgan fingerprint density at radius 3 is 1.97 bits per heavy atom. The van der Waals surface area contributed by atoms with E-state index in [-0.39, 0.29) is 5.78 Å². The highest BCUT2D eigenvalue weighted by Gasteiger charge is 2.20. The fourth-order valence-corrected chi connectivity index (χ4v) is 4.52.